The highest BCUT2D eigenvalue weighted by Crippen LogP contribution is 2.23. The maximum absolute atomic E-state index is 11.0. The van der Waals surface area contributed by atoms with E-state index in [-0.39, 0.29) is 11.2 Å². The second-order valence-corrected chi connectivity index (χ2v) is 4.34. The van der Waals surface area contributed by atoms with E-state index in [1.165, 1.54) is 0 Å². The molecule has 0 saturated carbocycles. The van der Waals surface area contributed by atoms with Crippen molar-refractivity contribution in [1.82, 2.24) is 4.57 Å². The topological polar surface area (TPSA) is 22.0 Å². The monoisotopic (exact) mass is 177 g/mol. The maximum Gasteiger partial charge on any atom is 0.183 e. The number of aromatic nitrogens is 1. The Morgan fingerprint density at radius 1 is 1.46 bits per heavy atom. The predicted molar refractivity (Wildman–Crippen MR) is 52.7 cm³/mol. The highest BCUT2D eigenvalue weighted by molar-refractivity contribution is 5.98. The van der Waals surface area contributed by atoms with Gasteiger partial charge >= 0.3 is 0 Å². The number of hydrogen-bond donors (Lipinski definition) is 0. The van der Waals surface area contributed by atoms with E-state index in [4.69, 9.17) is 6.92 Å². The highest BCUT2D eigenvalue weighted by Gasteiger charge is 2.17. The number of carbonyl (C=O) groups excluding carboxylic acids is 1. The van der Waals surface area contributed by atoms with E-state index in [0.717, 1.165) is 5.56 Å². The Morgan fingerprint density at radius 3 is 2.23 bits per heavy atom. The number of Topliss-reactive ketones (excluding diaryl/α,β-unsaturated/α-hetero) is 1. The summed E-state index contributed by atoms with van der Waals surface area (Å²) in [6, 6.07) is 1.85. The summed E-state index contributed by atoms with van der Waals surface area (Å²) in [4.78, 5) is 11.0. The van der Waals surface area contributed by atoms with Crippen molar-refractivity contribution in [2.24, 2.45) is 7.05 Å². The van der Waals surface area contributed by atoms with Gasteiger partial charge in [-0.25, -0.2) is 0 Å². The van der Waals surface area contributed by atoms with Crippen LogP contribution in [-0.2, 0) is 12.5 Å². The molecule has 0 amide bonds. The minimum Gasteiger partial charge on any atom is -0.348 e. The third-order valence-electron chi connectivity index (χ3n) is 2.12. The highest BCUT2D eigenvalue weighted by atomic mass is 16.1. The molecule has 0 unspecified atom stereocenters. The van der Waals surface area contributed by atoms with Gasteiger partial charge < -0.3 is 4.57 Å². The summed E-state index contributed by atoms with van der Waals surface area (Å²) < 4.78 is 1.77. The molecule has 13 heavy (non-hydrogen) atoms. The lowest BCUT2D eigenvalue weighted by molar-refractivity contribution is 0.103. The molecule has 0 saturated heterocycles. The largest absolute Gasteiger partial charge is 0.348 e. The molecule has 2 nitrogen and oxygen atoms in total. The van der Waals surface area contributed by atoms with Crippen molar-refractivity contribution in [2.45, 2.75) is 26.2 Å². The molecule has 0 aliphatic rings. The summed E-state index contributed by atoms with van der Waals surface area (Å²) in [5.74, 6) is -0.377. The Bertz CT molecular complexity index is 328. The molecule has 70 valence electrons. The third kappa shape index (κ3) is 2.00. The standard InChI is InChI=1S/C11H15NO/c1-8(13)10-6-9(7-12(10)5)11(2,3)4/h1,6-7H,2-5H3. The molecule has 0 bridgehead atoms. The molecule has 0 spiro atoms. The van der Waals surface area contributed by atoms with Crippen molar-refractivity contribution >= 4 is 5.78 Å². The fourth-order valence-electron chi connectivity index (χ4n) is 1.22. The molecule has 1 aromatic rings. The quantitative estimate of drug-likeness (QED) is 0.603. The first-order valence-electron chi connectivity index (χ1n) is 4.29. The molecule has 0 aromatic carbocycles. The first-order valence-corrected chi connectivity index (χ1v) is 4.29. The lowest BCUT2D eigenvalue weighted by atomic mass is 9.89. The first kappa shape index (κ1) is 10.0. The average molecular weight is 177 g/mol. The van der Waals surface area contributed by atoms with Gasteiger partial charge in [0.05, 0.1) is 5.69 Å². The van der Waals surface area contributed by atoms with Crippen LogP contribution in [0.3, 0.4) is 0 Å². The molecular formula is C11H15NO. The van der Waals surface area contributed by atoms with Gasteiger partial charge in [0.15, 0.2) is 5.78 Å². The van der Waals surface area contributed by atoms with Crippen molar-refractivity contribution < 1.29 is 4.79 Å². The Morgan fingerprint density at radius 2 is 2.00 bits per heavy atom. The number of rotatable bonds is 1. The molecule has 0 aliphatic carbocycles. The fourth-order valence-corrected chi connectivity index (χ4v) is 1.22. The third-order valence-corrected chi connectivity index (χ3v) is 2.12. The van der Waals surface area contributed by atoms with E-state index in [9.17, 15) is 4.79 Å². The zero-order valence-electron chi connectivity index (χ0n) is 8.59. The summed E-state index contributed by atoms with van der Waals surface area (Å²) in [6.45, 7) is 11.5. The maximum atomic E-state index is 11.0. The molecule has 0 fully saturated rings. The Balaban J connectivity index is 3.17. The summed E-state index contributed by atoms with van der Waals surface area (Å²) in [7, 11) is 1.83. The van der Waals surface area contributed by atoms with E-state index in [1.54, 1.807) is 4.57 Å². The summed E-state index contributed by atoms with van der Waals surface area (Å²) in [5, 5.41) is 0. The molecule has 0 atom stereocenters. The normalized spacial score (nSPS) is 11.8. The van der Waals surface area contributed by atoms with Gasteiger partial charge in [0.1, 0.15) is 0 Å². The van der Waals surface area contributed by atoms with Crippen LogP contribution < -0.4 is 0 Å². The second kappa shape index (κ2) is 3.02. The summed E-state index contributed by atoms with van der Waals surface area (Å²) in [6.07, 6.45) is 1.94. The van der Waals surface area contributed by atoms with Crippen LogP contribution >= 0.6 is 0 Å². The van der Waals surface area contributed by atoms with Crippen LogP contribution in [0.4, 0.5) is 0 Å². The van der Waals surface area contributed by atoms with Gasteiger partial charge in [-0.1, -0.05) is 20.8 Å². The van der Waals surface area contributed by atoms with Crippen LogP contribution in [-0.4, -0.2) is 10.4 Å². The average Bonchev–Trinajstić information content (AvgIpc) is 2.29. The van der Waals surface area contributed by atoms with Crippen molar-refractivity contribution in [3.05, 3.63) is 30.4 Å². The second-order valence-electron chi connectivity index (χ2n) is 4.34. The molecule has 1 aromatic heterocycles. The Hall–Kier alpha value is -1.05. The van der Waals surface area contributed by atoms with Crippen molar-refractivity contribution in [1.29, 1.82) is 0 Å². The van der Waals surface area contributed by atoms with Gasteiger partial charge in [-0.15, -0.1) is 0 Å². The predicted octanol–water partition coefficient (Wildman–Crippen LogP) is 2.22. The van der Waals surface area contributed by atoms with E-state index in [0.29, 0.717) is 5.69 Å². The summed E-state index contributed by atoms with van der Waals surface area (Å²) >= 11 is 0. The number of aryl methyl sites for hydroxylation is 1. The molecule has 2 heteroatoms. The fraction of sp³-hybridized carbons (Fsp3) is 0.455. The van der Waals surface area contributed by atoms with Crippen LogP contribution in [0.15, 0.2) is 12.3 Å². The molecule has 0 N–H and O–H groups in total. The van der Waals surface area contributed by atoms with Crippen LogP contribution in [0.2, 0.25) is 0 Å². The Labute approximate surface area is 79.6 Å². The first-order chi connectivity index (χ1) is 5.82. The molecular weight excluding hydrogens is 162 g/mol. The molecule has 1 heterocycles. The lowest BCUT2D eigenvalue weighted by Gasteiger charge is -2.15. The molecule has 2 radical (unpaired) electrons. The minimum atomic E-state index is -0.377. The van der Waals surface area contributed by atoms with Crippen LogP contribution in [0.25, 0.3) is 0 Å². The number of nitrogens with zero attached hydrogens (tertiary/aromatic N) is 1. The summed E-state index contributed by atoms with van der Waals surface area (Å²) in [5.41, 5.74) is 1.75. The van der Waals surface area contributed by atoms with E-state index in [1.807, 2.05) is 19.3 Å². The van der Waals surface area contributed by atoms with E-state index in [2.05, 4.69) is 20.8 Å². The number of hydrogen-bond acceptors (Lipinski definition) is 1. The van der Waals surface area contributed by atoms with Crippen molar-refractivity contribution in [3.63, 3.8) is 0 Å². The SMILES string of the molecule is [CH]C(=O)c1cc(C(C)(C)C)cn1C. The number of ketones is 1. The van der Waals surface area contributed by atoms with Gasteiger partial charge in [0.2, 0.25) is 0 Å². The lowest BCUT2D eigenvalue weighted by Crippen LogP contribution is -2.09. The number of carbonyl (C=O) groups is 1. The molecule has 0 aliphatic heterocycles. The van der Waals surface area contributed by atoms with Crippen LogP contribution in [0, 0.1) is 6.92 Å². The molecule has 1 rings (SSSR count). The van der Waals surface area contributed by atoms with Crippen LogP contribution in [0.1, 0.15) is 36.8 Å². The van der Waals surface area contributed by atoms with Gasteiger partial charge in [-0.3, -0.25) is 4.79 Å². The van der Waals surface area contributed by atoms with Gasteiger partial charge in [0.25, 0.3) is 0 Å². The van der Waals surface area contributed by atoms with E-state index >= 15 is 0 Å². The van der Waals surface area contributed by atoms with Gasteiger partial charge in [0, 0.05) is 20.2 Å². The zero-order chi connectivity index (χ0) is 10.2. The van der Waals surface area contributed by atoms with Crippen molar-refractivity contribution in [3.8, 4) is 0 Å². The van der Waals surface area contributed by atoms with Crippen molar-refractivity contribution in [2.75, 3.05) is 0 Å². The zero-order valence-corrected chi connectivity index (χ0v) is 8.59. The van der Waals surface area contributed by atoms with Crippen LogP contribution in [0.5, 0.6) is 0 Å². The van der Waals surface area contributed by atoms with Gasteiger partial charge in [-0.2, -0.15) is 0 Å². The van der Waals surface area contributed by atoms with E-state index < -0.39 is 0 Å². The minimum absolute atomic E-state index is 0.0610. The smallest absolute Gasteiger partial charge is 0.183 e. The van der Waals surface area contributed by atoms with Gasteiger partial charge in [-0.05, 0) is 17.0 Å². The Kier molecular flexibility index (Phi) is 2.33.